The number of carbonyl (C=O) groups is 1. The molecule has 4 rings (SSSR count). The Hall–Kier alpha value is -3.64. The monoisotopic (exact) mass is 488 g/mol. The van der Waals surface area contributed by atoms with Gasteiger partial charge in [0.05, 0.1) is 22.6 Å². The molecule has 0 saturated heterocycles. The van der Waals surface area contributed by atoms with E-state index in [4.69, 9.17) is 16.6 Å². The van der Waals surface area contributed by atoms with E-state index in [0.29, 0.717) is 45.6 Å². The highest BCUT2D eigenvalue weighted by Crippen LogP contribution is 2.25. The number of aromatic nitrogens is 2. The number of rotatable bonds is 6. The molecule has 0 fully saturated rings. The number of halogens is 1. The first-order chi connectivity index (χ1) is 16.8. The van der Waals surface area contributed by atoms with Gasteiger partial charge in [0.2, 0.25) is 0 Å². The summed E-state index contributed by atoms with van der Waals surface area (Å²) in [6.07, 6.45) is 0. The maximum absolute atomic E-state index is 13.6. The molecule has 0 aliphatic rings. The maximum Gasteiger partial charge on any atom is 0.322 e. The zero-order valence-corrected chi connectivity index (χ0v) is 21.1. The molecule has 0 bridgehead atoms. The lowest BCUT2D eigenvalue weighted by molar-refractivity contribution is 0.193. The van der Waals surface area contributed by atoms with Crippen molar-refractivity contribution in [3.8, 4) is 5.69 Å². The van der Waals surface area contributed by atoms with Crippen LogP contribution in [0.25, 0.3) is 16.6 Å². The van der Waals surface area contributed by atoms with Crippen LogP contribution in [0.3, 0.4) is 0 Å². The summed E-state index contributed by atoms with van der Waals surface area (Å²) < 4.78 is 1.57. The summed E-state index contributed by atoms with van der Waals surface area (Å²) in [6.45, 7) is 8.48. The standard InChI is InChI=1S/C28H29ClN4O2/c1-5-32(28(35)30-22-14-10-20(11-15-22)18(2)3)19(4)26-31-25-9-7-6-8-24(25)27(34)33(26)23-16-12-21(29)13-17-23/h6-19H,5H2,1-4H3,(H,30,35). The van der Waals surface area contributed by atoms with Crippen LogP contribution in [0, 0.1) is 0 Å². The zero-order chi connectivity index (χ0) is 25.1. The van der Waals surface area contributed by atoms with Gasteiger partial charge in [0.25, 0.3) is 5.56 Å². The van der Waals surface area contributed by atoms with Gasteiger partial charge in [-0.3, -0.25) is 9.36 Å². The Morgan fingerprint density at radius 1 is 1.00 bits per heavy atom. The summed E-state index contributed by atoms with van der Waals surface area (Å²) in [5.41, 5.74) is 2.95. The predicted molar refractivity (Wildman–Crippen MR) is 143 cm³/mol. The molecule has 1 aromatic heterocycles. The number of urea groups is 1. The van der Waals surface area contributed by atoms with Gasteiger partial charge in [-0.1, -0.05) is 49.7 Å². The van der Waals surface area contributed by atoms with E-state index in [9.17, 15) is 9.59 Å². The van der Waals surface area contributed by atoms with Crippen molar-refractivity contribution >= 4 is 34.2 Å². The van der Waals surface area contributed by atoms with E-state index in [-0.39, 0.29) is 11.6 Å². The summed E-state index contributed by atoms with van der Waals surface area (Å²) in [5, 5.41) is 4.07. The molecular weight excluding hydrogens is 460 g/mol. The largest absolute Gasteiger partial charge is 0.322 e. The minimum absolute atomic E-state index is 0.194. The number of nitrogens with zero attached hydrogens (tertiary/aromatic N) is 3. The second-order valence-electron chi connectivity index (χ2n) is 8.77. The van der Waals surface area contributed by atoms with E-state index >= 15 is 0 Å². The number of anilines is 1. The van der Waals surface area contributed by atoms with Gasteiger partial charge in [-0.25, -0.2) is 9.78 Å². The number of para-hydroxylation sites is 1. The molecule has 35 heavy (non-hydrogen) atoms. The number of hydrogen-bond acceptors (Lipinski definition) is 3. The molecule has 0 saturated carbocycles. The SMILES string of the molecule is CCN(C(=O)Nc1ccc(C(C)C)cc1)C(C)c1nc2ccccc2c(=O)n1-c1ccc(Cl)cc1. The summed E-state index contributed by atoms with van der Waals surface area (Å²) in [6, 6.07) is 21.4. The molecule has 0 aliphatic heterocycles. The van der Waals surface area contributed by atoms with Gasteiger partial charge in [-0.2, -0.15) is 0 Å². The predicted octanol–water partition coefficient (Wildman–Crippen LogP) is 6.78. The van der Waals surface area contributed by atoms with Gasteiger partial charge in [-0.05, 0) is 73.9 Å². The molecule has 0 aliphatic carbocycles. The zero-order valence-electron chi connectivity index (χ0n) is 20.3. The molecule has 2 amide bonds. The van der Waals surface area contributed by atoms with Crippen LogP contribution in [0.15, 0.2) is 77.6 Å². The van der Waals surface area contributed by atoms with E-state index in [1.54, 1.807) is 39.8 Å². The summed E-state index contributed by atoms with van der Waals surface area (Å²) in [5.74, 6) is 0.888. The van der Waals surface area contributed by atoms with Crippen LogP contribution in [-0.2, 0) is 0 Å². The Morgan fingerprint density at radius 2 is 1.66 bits per heavy atom. The lowest BCUT2D eigenvalue weighted by atomic mass is 10.0. The third-order valence-corrected chi connectivity index (χ3v) is 6.41. The van der Waals surface area contributed by atoms with Crippen molar-refractivity contribution < 1.29 is 4.79 Å². The van der Waals surface area contributed by atoms with Crippen LogP contribution in [0.1, 0.15) is 51.0 Å². The minimum atomic E-state index is -0.483. The topological polar surface area (TPSA) is 67.2 Å². The van der Waals surface area contributed by atoms with Gasteiger partial charge >= 0.3 is 6.03 Å². The van der Waals surface area contributed by atoms with Crippen LogP contribution in [0.5, 0.6) is 0 Å². The van der Waals surface area contributed by atoms with E-state index in [2.05, 4.69) is 19.2 Å². The third kappa shape index (κ3) is 5.08. The second-order valence-corrected chi connectivity index (χ2v) is 9.21. The first-order valence-electron chi connectivity index (χ1n) is 11.7. The average molecular weight is 489 g/mol. The van der Waals surface area contributed by atoms with E-state index in [1.165, 1.54) is 5.56 Å². The highest BCUT2D eigenvalue weighted by Gasteiger charge is 2.26. The Kier molecular flexibility index (Phi) is 7.22. The number of carbonyl (C=O) groups excluding carboxylic acids is 1. The number of nitrogens with one attached hydrogen (secondary N) is 1. The van der Waals surface area contributed by atoms with Gasteiger partial charge in [0.15, 0.2) is 0 Å². The Balaban J connectivity index is 1.74. The van der Waals surface area contributed by atoms with Gasteiger partial charge in [-0.15, -0.1) is 0 Å². The Labute approximate surface area is 210 Å². The van der Waals surface area contributed by atoms with Crippen LogP contribution in [0.4, 0.5) is 10.5 Å². The Bertz CT molecular complexity index is 1400. The normalized spacial score (nSPS) is 12.1. The molecule has 3 aromatic carbocycles. The first kappa shape index (κ1) is 24.5. The van der Waals surface area contributed by atoms with Crippen molar-refractivity contribution in [2.24, 2.45) is 0 Å². The van der Waals surface area contributed by atoms with Gasteiger partial charge in [0.1, 0.15) is 5.82 Å². The van der Waals surface area contributed by atoms with Crippen LogP contribution in [-0.4, -0.2) is 27.0 Å². The molecule has 1 atom stereocenters. The lowest BCUT2D eigenvalue weighted by Crippen LogP contribution is -2.39. The summed E-state index contributed by atoms with van der Waals surface area (Å²) >= 11 is 6.09. The van der Waals surface area contributed by atoms with E-state index < -0.39 is 6.04 Å². The van der Waals surface area contributed by atoms with Crippen LogP contribution >= 0.6 is 11.6 Å². The molecule has 1 unspecified atom stereocenters. The number of hydrogen-bond donors (Lipinski definition) is 1. The van der Waals surface area contributed by atoms with Gasteiger partial charge in [0, 0.05) is 17.3 Å². The fourth-order valence-corrected chi connectivity index (χ4v) is 4.28. The summed E-state index contributed by atoms with van der Waals surface area (Å²) in [4.78, 5) is 33.4. The minimum Gasteiger partial charge on any atom is -0.315 e. The fraction of sp³-hybridized carbons (Fsp3) is 0.250. The third-order valence-electron chi connectivity index (χ3n) is 6.16. The van der Waals surface area contributed by atoms with Crippen molar-refractivity contribution in [1.29, 1.82) is 0 Å². The van der Waals surface area contributed by atoms with Crippen molar-refractivity contribution in [3.63, 3.8) is 0 Å². The maximum atomic E-state index is 13.6. The molecule has 4 aromatic rings. The Morgan fingerprint density at radius 3 is 2.29 bits per heavy atom. The molecule has 6 nitrogen and oxygen atoms in total. The smallest absolute Gasteiger partial charge is 0.315 e. The highest BCUT2D eigenvalue weighted by atomic mass is 35.5. The number of fused-ring (bicyclic) bond motifs is 1. The molecule has 1 N–H and O–H groups in total. The molecule has 0 spiro atoms. The molecule has 7 heteroatoms. The van der Waals surface area contributed by atoms with Crippen molar-refractivity contribution in [2.75, 3.05) is 11.9 Å². The number of amides is 2. The quantitative estimate of drug-likeness (QED) is 0.325. The number of benzene rings is 3. The highest BCUT2D eigenvalue weighted by molar-refractivity contribution is 6.30. The van der Waals surface area contributed by atoms with Crippen LogP contribution < -0.4 is 10.9 Å². The van der Waals surface area contributed by atoms with E-state index in [0.717, 1.165) is 0 Å². The molecule has 0 radical (unpaired) electrons. The van der Waals surface area contributed by atoms with Crippen molar-refractivity contribution in [2.45, 2.75) is 39.7 Å². The molecular formula is C28H29ClN4O2. The first-order valence-corrected chi connectivity index (χ1v) is 12.1. The lowest BCUT2D eigenvalue weighted by Gasteiger charge is -2.29. The average Bonchev–Trinajstić information content (AvgIpc) is 2.85. The van der Waals surface area contributed by atoms with Crippen molar-refractivity contribution in [1.82, 2.24) is 14.5 Å². The van der Waals surface area contributed by atoms with E-state index in [1.807, 2.05) is 56.3 Å². The van der Waals surface area contributed by atoms with Crippen molar-refractivity contribution in [3.05, 3.63) is 99.6 Å². The van der Waals surface area contributed by atoms with Crippen LogP contribution in [0.2, 0.25) is 5.02 Å². The van der Waals surface area contributed by atoms with Gasteiger partial charge < -0.3 is 10.2 Å². The molecule has 1 heterocycles. The second kappa shape index (κ2) is 10.3. The summed E-state index contributed by atoms with van der Waals surface area (Å²) in [7, 11) is 0. The fourth-order valence-electron chi connectivity index (χ4n) is 4.15. The molecule has 180 valence electrons.